The molecular formula is C17H18ClN5O. The first-order chi connectivity index (χ1) is 11.6. The maximum absolute atomic E-state index is 6.38. The Balaban J connectivity index is 1.55. The lowest BCUT2D eigenvalue weighted by Gasteiger charge is -2.17. The highest BCUT2D eigenvalue weighted by Crippen LogP contribution is 2.35. The lowest BCUT2D eigenvalue weighted by molar-refractivity contribution is 0.372. The van der Waals surface area contributed by atoms with Crippen LogP contribution in [0.25, 0.3) is 11.5 Å². The predicted octanol–water partition coefficient (Wildman–Crippen LogP) is 3.36. The van der Waals surface area contributed by atoms with Gasteiger partial charge >= 0.3 is 0 Å². The minimum Gasteiger partial charge on any atom is -0.334 e. The molecule has 124 valence electrons. The Morgan fingerprint density at radius 3 is 2.83 bits per heavy atom. The molecule has 1 saturated carbocycles. The largest absolute Gasteiger partial charge is 0.334 e. The molecule has 2 N–H and O–H groups in total. The molecule has 24 heavy (non-hydrogen) atoms. The number of nitrogens with two attached hydrogens (primary N) is 1. The minimum atomic E-state index is -0.449. The normalized spacial score (nSPS) is 16.6. The molecule has 0 bridgehead atoms. The van der Waals surface area contributed by atoms with Crippen LogP contribution in [0.1, 0.15) is 37.1 Å². The van der Waals surface area contributed by atoms with Gasteiger partial charge < -0.3 is 10.3 Å². The highest BCUT2D eigenvalue weighted by atomic mass is 35.5. The summed E-state index contributed by atoms with van der Waals surface area (Å²) in [6.45, 7) is 0.585. The van der Waals surface area contributed by atoms with Crippen molar-refractivity contribution in [1.82, 2.24) is 19.9 Å². The molecule has 6 nitrogen and oxygen atoms in total. The minimum absolute atomic E-state index is 0.449. The van der Waals surface area contributed by atoms with Gasteiger partial charge in [0.2, 0.25) is 0 Å². The van der Waals surface area contributed by atoms with Gasteiger partial charge in [-0.1, -0.05) is 47.8 Å². The summed E-state index contributed by atoms with van der Waals surface area (Å²) < 4.78 is 7.19. The van der Waals surface area contributed by atoms with Crippen LogP contribution < -0.4 is 5.73 Å². The number of rotatable bonds is 4. The molecule has 0 spiro atoms. The first kappa shape index (κ1) is 15.4. The first-order valence-electron chi connectivity index (χ1n) is 8.03. The van der Waals surface area contributed by atoms with E-state index in [1.54, 1.807) is 10.9 Å². The van der Waals surface area contributed by atoms with Crippen LogP contribution in [0.3, 0.4) is 0 Å². The van der Waals surface area contributed by atoms with E-state index in [-0.39, 0.29) is 0 Å². The summed E-state index contributed by atoms with van der Waals surface area (Å²) >= 11 is 6.19. The fourth-order valence-electron chi connectivity index (χ4n) is 3.13. The molecule has 4 rings (SSSR count). The number of halogens is 1. The van der Waals surface area contributed by atoms with Crippen molar-refractivity contribution in [3.63, 3.8) is 0 Å². The number of nitrogens with zero attached hydrogens (tertiary/aromatic N) is 4. The number of hydrogen-bond donors (Lipinski definition) is 1. The Kier molecular flexibility index (Phi) is 3.86. The van der Waals surface area contributed by atoms with Gasteiger partial charge in [-0.2, -0.15) is 10.1 Å². The number of hydrogen-bond acceptors (Lipinski definition) is 5. The smallest absolute Gasteiger partial charge is 0.261 e. The van der Waals surface area contributed by atoms with E-state index in [9.17, 15) is 0 Å². The van der Waals surface area contributed by atoms with Gasteiger partial charge in [0.25, 0.3) is 5.89 Å². The van der Waals surface area contributed by atoms with Crippen molar-refractivity contribution >= 4 is 11.6 Å². The molecule has 0 amide bonds. The Labute approximate surface area is 144 Å². The third-order valence-electron chi connectivity index (χ3n) is 4.54. The fraction of sp³-hybridized carbons (Fsp3) is 0.353. The second-order valence-electron chi connectivity index (χ2n) is 6.30. The third-order valence-corrected chi connectivity index (χ3v) is 4.91. The summed E-state index contributed by atoms with van der Waals surface area (Å²) in [7, 11) is 0. The number of aromatic nitrogens is 4. The zero-order chi connectivity index (χ0) is 16.6. The quantitative estimate of drug-likeness (QED) is 0.785. The van der Waals surface area contributed by atoms with Crippen molar-refractivity contribution in [1.29, 1.82) is 0 Å². The fourth-order valence-corrected chi connectivity index (χ4v) is 3.33. The van der Waals surface area contributed by atoms with Gasteiger partial charge in [0.1, 0.15) is 0 Å². The summed E-state index contributed by atoms with van der Waals surface area (Å²) in [6.07, 6.45) is 7.60. The van der Waals surface area contributed by atoms with Crippen LogP contribution in [-0.2, 0) is 12.1 Å². The molecule has 1 fully saturated rings. The molecule has 0 aliphatic heterocycles. The SMILES string of the molecule is NC1(c2noc(-c3cnn(Cc4ccccc4Cl)c3)n2)CCCC1. The van der Waals surface area contributed by atoms with Crippen LogP contribution in [0.5, 0.6) is 0 Å². The van der Waals surface area contributed by atoms with Crippen molar-refractivity contribution < 1.29 is 4.52 Å². The lowest BCUT2D eigenvalue weighted by atomic mass is 9.99. The van der Waals surface area contributed by atoms with Gasteiger partial charge in [-0.15, -0.1) is 0 Å². The molecule has 0 unspecified atom stereocenters. The van der Waals surface area contributed by atoms with Crippen LogP contribution in [0, 0.1) is 0 Å². The van der Waals surface area contributed by atoms with E-state index in [0.29, 0.717) is 18.3 Å². The van der Waals surface area contributed by atoms with E-state index in [2.05, 4.69) is 15.2 Å². The van der Waals surface area contributed by atoms with Crippen molar-refractivity contribution in [3.8, 4) is 11.5 Å². The van der Waals surface area contributed by atoms with Gasteiger partial charge in [-0.25, -0.2) is 0 Å². The maximum atomic E-state index is 6.38. The van der Waals surface area contributed by atoms with E-state index in [0.717, 1.165) is 41.8 Å². The first-order valence-corrected chi connectivity index (χ1v) is 8.41. The average molecular weight is 344 g/mol. The zero-order valence-electron chi connectivity index (χ0n) is 13.2. The maximum Gasteiger partial charge on any atom is 0.261 e. The molecule has 2 aromatic heterocycles. The van der Waals surface area contributed by atoms with E-state index in [1.807, 2.05) is 30.5 Å². The van der Waals surface area contributed by atoms with Gasteiger partial charge in [-0.3, -0.25) is 4.68 Å². The molecule has 1 aliphatic rings. The summed E-state index contributed by atoms with van der Waals surface area (Å²) in [5, 5.41) is 9.16. The Morgan fingerprint density at radius 2 is 2.04 bits per heavy atom. The Hall–Kier alpha value is -2.18. The lowest BCUT2D eigenvalue weighted by Crippen LogP contribution is -2.34. The van der Waals surface area contributed by atoms with Crippen LogP contribution >= 0.6 is 11.6 Å². The molecule has 2 heterocycles. The highest BCUT2D eigenvalue weighted by molar-refractivity contribution is 6.31. The summed E-state index contributed by atoms with van der Waals surface area (Å²) in [5.74, 6) is 1.04. The molecule has 0 saturated heterocycles. The predicted molar refractivity (Wildman–Crippen MR) is 90.4 cm³/mol. The monoisotopic (exact) mass is 343 g/mol. The summed E-state index contributed by atoms with van der Waals surface area (Å²) in [6, 6.07) is 7.71. The zero-order valence-corrected chi connectivity index (χ0v) is 13.9. The molecular weight excluding hydrogens is 326 g/mol. The molecule has 3 aromatic rings. The van der Waals surface area contributed by atoms with Crippen LogP contribution in [0.2, 0.25) is 5.02 Å². The summed E-state index contributed by atoms with van der Waals surface area (Å²) in [5.41, 5.74) is 7.71. The van der Waals surface area contributed by atoms with Gasteiger partial charge in [0.15, 0.2) is 5.82 Å². The molecule has 0 atom stereocenters. The van der Waals surface area contributed by atoms with Crippen LogP contribution in [-0.4, -0.2) is 19.9 Å². The second kappa shape index (κ2) is 6.03. The van der Waals surface area contributed by atoms with Crippen LogP contribution in [0.4, 0.5) is 0 Å². The molecule has 0 radical (unpaired) electrons. The Bertz CT molecular complexity index is 850. The van der Waals surface area contributed by atoms with E-state index in [4.69, 9.17) is 21.9 Å². The van der Waals surface area contributed by atoms with Crippen molar-refractivity contribution in [2.45, 2.75) is 37.8 Å². The Morgan fingerprint density at radius 1 is 1.25 bits per heavy atom. The van der Waals surface area contributed by atoms with E-state index >= 15 is 0 Å². The second-order valence-corrected chi connectivity index (χ2v) is 6.71. The summed E-state index contributed by atoms with van der Waals surface area (Å²) in [4.78, 5) is 4.49. The van der Waals surface area contributed by atoms with Crippen molar-refractivity contribution in [3.05, 3.63) is 53.1 Å². The standard InChI is InChI=1S/C17H18ClN5O/c18-14-6-2-1-5-12(14)10-23-11-13(9-20-23)15-21-16(22-24-15)17(19)7-3-4-8-17/h1-2,5-6,9,11H,3-4,7-8,10,19H2. The number of benzene rings is 1. The van der Waals surface area contributed by atoms with E-state index in [1.165, 1.54) is 0 Å². The molecule has 7 heteroatoms. The average Bonchev–Trinajstić information content (AvgIpc) is 3.30. The topological polar surface area (TPSA) is 82.8 Å². The molecule has 1 aromatic carbocycles. The van der Waals surface area contributed by atoms with E-state index < -0.39 is 5.54 Å². The van der Waals surface area contributed by atoms with Crippen LogP contribution in [0.15, 0.2) is 41.2 Å². The van der Waals surface area contributed by atoms with Crippen molar-refractivity contribution in [2.24, 2.45) is 5.73 Å². The van der Waals surface area contributed by atoms with Gasteiger partial charge in [0, 0.05) is 11.2 Å². The van der Waals surface area contributed by atoms with Gasteiger partial charge in [0.05, 0.1) is 23.8 Å². The van der Waals surface area contributed by atoms with Crippen molar-refractivity contribution in [2.75, 3.05) is 0 Å². The van der Waals surface area contributed by atoms with Gasteiger partial charge in [-0.05, 0) is 24.5 Å². The highest BCUT2D eigenvalue weighted by Gasteiger charge is 2.36. The third kappa shape index (κ3) is 2.83. The molecule has 1 aliphatic carbocycles.